The molecule has 0 atom stereocenters. The molecular weight excluding hydrogens is 300 g/mol. The van der Waals surface area contributed by atoms with Crippen molar-refractivity contribution in [2.75, 3.05) is 17.6 Å². The molecule has 20 heavy (non-hydrogen) atoms. The van der Waals surface area contributed by atoms with Gasteiger partial charge in [-0.05, 0) is 12.2 Å². The first kappa shape index (κ1) is 13.0. The number of hydrogen-bond acceptors (Lipinski definition) is 6. The number of thiazole rings is 1. The molecule has 0 saturated heterocycles. The Hall–Kier alpha value is -2.00. The number of carbonyl (C=O) groups is 1. The van der Waals surface area contributed by atoms with Crippen LogP contribution in [0.2, 0.25) is 0 Å². The first-order chi connectivity index (χ1) is 9.53. The van der Waals surface area contributed by atoms with Crippen LogP contribution < -0.4 is 5.32 Å². The van der Waals surface area contributed by atoms with Crippen LogP contribution in [0, 0.1) is 0 Å². The van der Waals surface area contributed by atoms with Crippen LogP contribution in [0.25, 0.3) is 0 Å². The first-order valence-corrected chi connectivity index (χ1v) is 8.22. The van der Waals surface area contributed by atoms with E-state index in [1.54, 1.807) is 28.8 Å². The summed E-state index contributed by atoms with van der Waals surface area (Å²) in [5.41, 5.74) is 0.429. The molecule has 0 fully saturated rings. The fourth-order valence-corrected chi connectivity index (χ4v) is 3.28. The number of anilines is 1. The highest BCUT2D eigenvalue weighted by Crippen LogP contribution is 2.18. The third kappa shape index (κ3) is 2.63. The minimum absolute atomic E-state index is 0.0534. The Bertz CT molecular complexity index is 732. The van der Waals surface area contributed by atoms with Gasteiger partial charge in [0.2, 0.25) is 0 Å². The van der Waals surface area contributed by atoms with E-state index in [-0.39, 0.29) is 11.7 Å². The Morgan fingerprint density at radius 3 is 3.00 bits per heavy atom. The van der Waals surface area contributed by atoms with E-state index in [2.05, 4.69) is 14.7 Å². The van der Waals surface area contributed by atoms with E-state index in [1.165, 1.54) is 17.4 Å². The van der Waals surface area contributed by atoms with Crippen LogP contribution >= 0.6 is 11.3 Å². The summed E-state index contributed by atoms with van der Waals surface area (Å²) in [6.07, 6.45) is 6.26. The standard InChI is InChI=1S/C11H10N4O3S2/c16-10(13-11-12-3-5-19-11)8-1-2-9-14-20(17,18)6-4-15(9)7-8/h1-3,5,7H,4,6H2,(H,12,13,16). The van der Waals surface area contributed by atoms with Crippen molar-refractivity contribution in [2.24, 2.45) is 4.40 Å². The molecule has 1 N–H and O–H groups in total. The van der Waals surface area contributed by atoms with E-state index in [0.717, 1.165) is 0 Å². The Morgan fingerprint density at radius 2 is 2.25 bits per heavy atom. The molecule has 9 heteroatoms. The van der Waals surface area contributed by atoms with Gasteiger partial charge < -0.3 is 4.90 Å². The minimum Gasteiger partial charge on any atom is -0.330 e. The van der Waals surface area contributed by atoms with Crippen molar-refractivity contribution >= 4 is 38.2 Å². The number of amidine groups is 1. The molecule has 3 rings (SSSR count). The lowest BCUT2D eigenvalue weighted by Gasteiger charge is -2.26. The van der Waals surface area contributed by atoms with Gasteiger partial charge in [-0.3, -0.25) is 10.1 Å². The molecule has 0 spiro atoms. The SMILES string of the molecule is O=C(Nc1nccs1)C1=CN2CCS(=O)(=O)N=C2C=C1. The van der Waals surface area contributed by atoms with Crippen LogP contribution in [0.4, 0.5) is 5.13 Å². The summed E-state index contributed by atoms with van der Waals surface area (Å²) in [7, 11) is -3.37. The normalized spacial score (nSPS) is 19.9. The lowest BCUT2D eigenvalue weighted by Crippen LogP contribution is -2.37. The van der Waals surface area contributed by atoms with Gasteiger partial charge in [0.15, 0.2) is 5.13 Å². The van der Waals surface area contributed by atoms with Gasteiger partial charge in [0.25, 0.3) is 15.9 Å². The molecule has 0 unspecified atom stereocenters. The summed E-state index contributed by atoms with van der Waals surface area (Å²) in [5.74, 6) is -0.00638. The fourth-order valence-electron chi connectivity index (χ4n) is 1.79. The molecule has 0 radical (unpaired) electrons. The number of hydrogen-bond donors (Lipinski definition) is 1. The van der Waals surface area contributed by atoms with Crippen LogP contribution in [0.1, 0.15) is 0 Å². The second-order valence-corrected chi connectivity index (χ2v) is 6.79. The summed E-state index contributed by atoms with van der Waals surface area (Å²) < 4.78 is 26.4. The van der Waals surface area contributed by atoms with E-state index < -0.39 is 10.0 Å². The van der Waals surface area contributed by atoms with Crippen molar-refractivity contribution in [1.29, 1.82) is 0 Å². The van der Waals surface area contributed by atoms with E-state index in [9.17, 15) is 13.2 Å². The largest absolute Gasteiger partial charge is 0.330 e. The molecule has 0 bridgehead atoms. The minimum atomic E-state index is -3.37. The summed E-state index contributed by atoms with van der Waals surface area (Å²) in [6, 6.07) is 0. The highest BCUT2D eigenvalue weighted by atomic mass is 32.2. The van der Waals surface area contributed by atoms with Crippen LogP contribution in [0.3, 0.4) is 0 Å². The van der Waals surface area contributed by atoms with Crippen LogP contribution in [-0.2, 0) is 14.8 Å². The van der Waals surface area contributed by atoms with E-state index in [1.807, 2.05) is 0 Å². The van der Waals surface area contributed by atoms with Gasteiger partial charge in [0, 0.05) is 24.3 Å². The van der Waals surface area contributed by atoms with Crippen molar-refractivity contribution in [3.63, 3.8) is 0 Å². The molecule has 7 nitrogen and oxygen atoms in total. The zero-order valence-electron chi connectivity index (χ0n) is 10.2. The summed E-state index contributed by atoms with van der Waals surface area (Å²) in [6.45, 7) is 0.291. The summed E-state index contributed by atoms with van der Waals surface area (Å²) in [5, 5.41) is 4.95. The van der Waals surface area contributed by atoms with Gasteiger partial charge in [0.1, 0.15) is 5.84 Å². The van der Waals surface area contributed by atoms with Crippen LogP contribution in [0.5, 0.6) is 0 Å². The average Bonchev–Trinajstić information content (AvgIpc) is 2.90. The molecule has 104 valence electrons. The fraction of sp³-hybridized carbons (Fsp3) is 0.182. The summed E-state index contributed by atoms with van der Waals surface area (Å²) in [4.78, 5) is 17.6. The van der Waals surface area contributed by atoms with Crippen molar-refractivity contribution in [2.45, 2.75) is 0 Å². The smallest absolute Gasteiger partial charge is 0.258 e. The van der Waals surface area contributed by atoms with Crippen molar-refractivity contribution in [1.82, 2.24) is 9.88 Å². The molecule has 0 aromatic carbocycles. The number of nitrogens with zero attached hydrogens (tertiary/aromatic N) is 3. The van der Waals surface area contributed by atoms with Gasteiger partial charge >= 0.3 is 0 Å². The van der Waals surface area contributed by atoms with E-state index in [0.29, 0.717) is 23.1 Å². The maximum Gasteiger partial charge on any atom is 0.258 e. The van der Waals surface area contributed by atoms with E-state index in [4.69, 9.17) is 0 Å². The Kier molecular flexibility index (Phi) is 3.14. The molecule has 0 saturated carbocycles. The van der Waals surface area contributed by atoms with Gasteiger partial charge in [-0.2, -0.15) is 0 Å². The maximum atomic E-state index is 12.0. The molecule has 2 aliphatic rings. The van der Waals surface area contributed by atoms with Gasteiger partial charge in [-0.1, -0.05) is 0 Å². The van der Waals surface area contributed by atoms with E-state index >= 15 is 0 Å². The highest BCUT2D eigenvalue weighted by Gasteiger charge is 2.25. The van der Waals surface area contributed by atoms with Gasteiger partial charge in [0.05, 0.1) is 11.3 Å². The van der Waals surface area contributed by atoms with Crippen molar-refractivity contribution < 1.29 is 13.2 Å². The third-order valence-electron chi connectivity index (χ3n) is 2.74. The zero-order valence-corrected chi connectivity index (χ0v) is 11.8. The molecule has 3 heterocycles. The first-order valence-electron chi connectivity index (χ1n) is 5.73. The number of carbonyl (C=O) groups excluding carboxylic acids is 1. The maximum absolute atomic E-state index is 12.0. The third-order valence-corrected chi connectivity index (χ3v) is 4.59. The second-order valence-electron chi connectivity index (χ2n) is 4.14. The monoisotopic (exact) mass is 310 g/mol. The highest BCUT2D eigenvalue weighted by molar-refractivity contribution is 7.90. The zero-order chi connectivity index (χ0) is 14.2. The molecule has 2 aliphatic heterocycles. The molecule has 1 aromatic heterocycles. The quantitative estimate of drug-likeness (QED) is 0.862. The Labute approximate surface area is 119 Å². The average molecular weight is 310 g/mol. The lowest BCUT2D eigenvalue weighted by molar-refractivity contribution is -0.112. The molecular formula is C11H10N4O3S2. The number of nitrogens with one attached hydrogen (secondary N) is 1. The molecule has 0 aliphatic carbocycles. The van der Waals surface area contributed by atoms with Crippen molar-refractivity contribution in [3.8, 4) is 0 Å². The van der Waals surface area contributed by atoms with Gasteiger partial charge in [-0.15, -0.1) is 15.7 Å². The number of rotatable bonds is 2. The lowest BCUT2D eigenvalue weighted by atomic mass is 10.2. The number of sulfonamides is 1. The number of fused-ring (bicyclic) bond motifs is 1. The predicted octanol–water partition coefficient (Wildman–Crippen LogP) is 0.579. The van der Waals surface area contributed by atoms with Crippen LogP contribution in [0.15, 0.2) is 39.9 Å². The molecule has 1 aromatic rings. The van der Waals surface area contributed by atoms with Crippen LogP contribution in [-0.4, -0.2) is 42.3 Å². The number of aromatic nitrogens is 1. The second kappa shape index (κ2) is 4.84. The van der Waals surface area contributed by atoms with Gasteiger partial charge in [-0.25, -0.2) is 13.4 Å². The predicted molar refractivity (Wildman–Crippen MR) is 75.9 cm³/mol. The summed E-state index contributed by atoms with van der Waals surface area (Å²) >= 11 is 1.33. The topological polar surface area (TPSA) is 91.7 Å². The number of amides is 1. The molecule has 1 amide bonds. The Balaban J connectivity index is 1.80. The van der Waals surface area contributed by atoms with Crippen molar-refractivity contribution in [3.05, 3.63) is 35.5 Å². The Morgan fingerprint density at radius 1 is 1.40 bits per heavy atom.